The Kier molecular flexibility index (Phi) is 5.70. The number of nitro benzene ring substituents is 1. The SMILES string of the molecule is CCN1CCN(c2ccc(C(=O)c3ccccc3C(=O)O)cc2[N+](=O)[O-])CC1. The first-order valence-corrected chi connectivity index (χ1v) is 9.05. The number of benzene rings is 2. The number of hydrogen-bond donors (Lipinski definition) is 1. The molecule has 0 atom stereocenters. The molecule has 1 heterocycles. The zero-order chi connectivity index (χ0) is 20.3. The molecule has 0 saturated carbocycles. The molecule has 8 heteroatoms. The number of nitrogens with zero attached hydrogens (tertiary/aromatic N) is 3. The number of anilines is 1. The summed E-state index contributed by atoms with van der Waals surface area (Å²) in [6.07, 6.45) is 0. The second kappa shape index (κ2) is 8.18. The third-order valence-electron chi connectivity index (χ3n) is 5.00. The van der Waals surface area contributed by atoms with E-state index in [2.05, 4.69) is 11.8 Å². The molecule has 2 aromatic rings. The van der Waals surface area contributed by atoms with Crippen molar-refractivity contribution >= 4 is 23.1 Å². The summed E-state index contributed by atoms with van der Waals surface area (Å²) in [4.78, 5) is 39.5. The Morgan fingerprint density at radius 3 is 2.29 bits per heavy atom. The molecule has 28 heavy (non-hydrogen) atoms. The van der Waals surface area contributed by atoms with Gasteiger partial charge in [-0.25, -0.2) is 4.79 Å². The van der Waals surface area contributed by atoms with Crippen molar-refractivity contribution in [3.63, 3.8) is 0 Å². The van der Waals surface area contributed by atoms with Gasteiger partial charge in [0.15, 0.2) is 5.78 Å². The highest BCUT2D eigenvalue weighted by atomic mass is 16.6. The minimum Gasteiger partial charge on any atom is -0.478 e. The maximum Gasteiger partial charge on any atom is 0.336 e. The number of carbonyl (C=O) groups is 2. The van der Waals surface area contributed by atoms with Crippen LogP contribution in [0.1, 0.15) is 33.2 Å². The summed E-state index contributed by atoms with van der Waals surface area (Å²) in [7, 11) is 0. The standard InChI is InChI=1S/C20H21N3O5/c1-2-21-9-11-22(12-10-21)17-8-7-14(13-18(17)23(27)28)19(24)15-5-3-4-6-16(15)20(25)26/h3-8,13H,2,9-12H2,1H3,(H,25,26). The average molecular weight is 383 g/mol. The largest absolute Gasteiger partial charge is 0.478 e. The second-order valence-electron chi connectivity index (χ2n) is 6.56. The van der Waals surface area contributed by atoms with Gasteiger partial charge < -0.3 is 14.9 Å². The summed E-state index contributed by atoms with van der Waals surface area (Å²) < 4.78 is 0. The smallest absolute Gasteiger partial charge is 0.336 e. The molecular weight excluding hydrogens is 362 g/mol. The lowest BCUT2D eigenvalue weighted by molar-refractivity contribution is -0.384. The lowest BCUT2D eigenvalue weighted by Crippen LogP contribution is -2.46. The Labute approximate surface area is 162 Å². The van der Waals surface area contributed by atoms with E-state index in [1.807, 2.05) is 4.90 Å². The number of piperazine rings is 1. The fraction of sp³-hybridized carbons (Fsp3) is 0.300. The summed E-state index contributed by atoms with van der Waals surface area (Å²) in [5.74, 6) is -1.77. The lowest BCUT2D eigenvalue weighted by Gasteiger charge is -2.35. The van der Waals surface area contributed by atoms with Crippen molar-refractivity contribution in [2.45, 2.75) is 6.92 Å². The van der Waals surface area contributed by atoms with Gasteiger partial charge in [-0.2, -0.15) is 0 Å². The number of likely N-dealkylation sites (N-methyl/N-ethyl adjacent to an activating group) is 1. The number of rotatable bonds is 6. The van der Waals surface area contributed by atoms with Crippen LogP contribution in [0, 0.1) is 10.1 Å². The Morgan fingerprint density at radius 2 is 1.71 bits per heavy atom. The van der Waals surface area contributed by atoms with E-state index >= 15 is 0 Å². The lowest BCUT2D eigenvalue weighted by atomic mass is 9.97. The Hall–Kier alpha value is -3.26. The van der Waals surface area contributed by atoms with E-state index < -0.39 is 16.7 Å². The molecule has 0 aromatic heterocycles. The first kappa shape index (κ1) is 19.5. The average Bonchev–Trinajstić information content (AvgIpc) is 2.72. The predicted molar refractivity (Wildman–Crippen MR) is 104 cm³/mol. The van der Waals surface area contributed by atoms with Gasteiger partial charge in [0.2, 0.25) is 0 Å². The van der Waals surface area contributed by atoms with Crippen LogP contribution in [0.2, 0.25) is 0 Å². The zero-order valence-corrected chi connectivity index (χ0v) is 15.5. The third kappa shape index (κ3) is 3.86. The van der Waals surface area contributed by atoms with Crippen molar-refractivity contribution in [2.75, 3.05) is 37.6 Å². The molecule has 0 spiro atoms. The number of carbonyl (C=O) groups excluding carboxylic acids is 1. The third-order valence-corrected chi connectivity index (χ3v) is 5.00. The Bertz CT molecular complexity index is 920. The Balaban J connectivity index is 1.95. The quantitative estimate of drug-likeness (QED) is 0.464. The molecule has 0 aliphatic carbocycles. The van der Waals surface area contributed by atoms with E-state index in [4.69, 9.17) is 0 Å². The topological polar surface area (TPSA) is 104 Å². The van der Waals surface area contributed by atoms with E-state index in [-0.39, 0.29) is 22.4 Å². The van der Waals surface area contributed by atoms with Gasteiger partial charge in [-0.3, -0.25) is 14.9 Å². The molecular formula is C20H21N3O5. The van der Waals surface area contributed by atoms with Crippen LogP contribution in [-0.4, -0.2) is 59.4 Å². The van der Waals surface area contributed by atoms with E-state index in [1.54, 1.807) is 12.1 Å². The summed E-state index contributed by atoms with van der Waals surface area (Å²) in [6, 6.07) is 10.2. The van der Waals surface area contributed by atoms with E-state index in [0.717, 1.165) is 19.6 Å². The monoisotopic (exact) mass is 383 g/mol. The highest BCUT2D eigenvalue weighted by Crippen LogP contribution is 2.31. The van der Waals surface area contributed by atoms with Gasteiger partial charge >= 0.3 is 5.97 Å². The van der Waals surface area contributed by atoms with Crippen LogP contribution in [0.25, 0.3) is 0 Å². The van der Waals surface area contributed by atoms with Crippen LogP contribution in [0.4, 0.5) is 11.4 Å². The molecule has 1 saturated heterocycles. The fourth-order valence-corrected chi connectivity index (χ4v) is 3.41. The highest BCUT2D eigenvalue weighted by Gasteiger charge is 2.26. The van der Waals surface area contributed by atoms with Crippen LogP contribution in [0.5, 0.6) is 0 Å². The number of carboxylic acid groups (broad SMARTS) is 1. The number of carboxylic acids is 1. The maximum absolute atomic E-state index is 12.8. The van der Waals surface area contributed by atoms with Gasteiger partial charge in [-0.1, -0.05) is 25.1 Å². The first-order valence-electron chi connectivity index (χ1n) is 9.05. The molecule has 0 radical (unpaired) electrons. The summed E-state index contributed by atoms with van der Waals surface area (Å²) in [5.41, 5.74) is 0.298. The molecule has 2 aromatic carbocycles. The minimum absolute atomic E-state index is 0.00797. The molecule has 0 bridgehead atoms. The summed E-state index contributed by atoms with van der Waals surface area (Å²) in [5, 5.41) is 20.9. The van der Waals surface area contributed by atoms with E-state index in [0.29, 0.717) is 18.8 Å². The van der Waals surface area contributed by atoms with Gasteiger partial charge in [0.1, 0.15) is 5.69 Å². The molecule has 1 aliphatic rings. The molecule has 0 amide bonds. The molecule has 0 unspecified atom stereocenters. The molecule has 146 valence electrons. The normalized spacial score (nSPS) is 14.7. The first-order chi connectivity index (χ1) is 13.4. The molecule has 8 nitrogen and oxygen atoms in total. The van der Waals surface area contributed by atoms with Gasteiger partial charge in [-0.15, -0.1) is 0 Å². The minimum atomic E-state index is -1.22. The number of ketones is 1. The van der Waals surface area contributed by atoms with Crippen molar-refractivity contribution < 1.29 is 19.6 Å². The van der Waals surface area contributed by atoms with Crippen LogP contribution in [0.3, 0.4) is 0 Å². The van der Waals surface area contributed by atoms with Gasteiger partial charge in [0, 0.05) is 43.4 Å². The fourth-order valence-electron chi connectivity index (χ4n) is 3.41. The van der Waals surface area contributed by atoms with Crippen LogP contribution in [0.15, 0.2) is 42.5 Å². The van der Waals surface area contributed by atoms with Crippen molar-refractivity contribution in [3.05, 3.63) is 69.3 Å². The van der Waals surface area contributed by atoms with Crippen LogP contribution < -0.4 is 4.90 Å². The second-order valence-corrected chi connectivity index (χ2v) is 6.56. The van der Waals surface area contributed by atoms with E-state index in [9.17, 15) is 24.8 Å². The predicted octanol–water partition coefficient (Wildman–Crippen LogP) is 2.67. The Morgan fingerprint density at radius 1 is 1.07 bits per heavy atom. The van der Waals surface area contributed by atoms with Crippen LogP contribution >= 0.6 is 0 Å². The van der Waals surface area contributed by atoms with Crippen molar-refractivity contribution in [3.8, 4) is 0 Å². The van der Waals surface area contributed by atoms with Crippen molar-refractivity contribution in [1.29, 1.82) is 0 Å². The molecule has 1 N–H and O–H groups in total. The van der Waals surface area contributed by atoms with Crippen molar-refractivity contribution in [2.24, 2.45) is 0 Å². The zero-order valence-electron chi connectivity index (χ0n) is 15.5. The van der Waals surface area contributed by atoms with E-state index in [1.165, 1.54) is 30.3 Å². The van der Waals surface area contributed by atoms with Crippen LogP contribution in [-0.2, 0) is 0 Å². The van der Waals surface area contributed by atoms with Crippen molar-refractivity contribution in [1.82, 2.24) is 4.90 Å². The molecule has 1 fully saturated rings. The van der Waals surface area contributed by atoms with Gasteiger partial charge in [0.05, 0.1) is 10.5 Å². The van der Waals surface area contributed by atoms with Gasteiger partial charge in [-0.05, 0) is 24.7 Å². The molecule has 1 aliphatic heterocycles. The summed E-state index contributed by atoms with van der Waals surface area (Å²) >= 11 is 0. The number of hydrogen-bond acceptors (Lipinski definition) is 6. The molecule has 3 rings (SSSR count). The highest BCUT2D eigenvalue weighted by molar-refractivity contribution is 6.14. The number of aromatic carboxylic acids is 1. The summed E-state index contributed by atoms with van der Waals surface area (Å²) in [6.45, 7) is 5.99. The maximum atomic E-state index is 12.8. The van der Waals surface area contributed by atoms with Gasteiger partial charge in [0.25, 0.3) is 5.69 Å². The number of nitro groups is 1.